The molecule has 3 nitrogen and oxygen atoms in total. The molecule has 0 aromatic heterocycles. The van der Waals surface area contributed by atoms with Gasteiger partial charge in [0.15, 0.2) is 0 Å². The molecule has 8 heteroatoms. The fourth-order valence-electron chi connectivity index (χ4n) is 2.32. The third-order valence-corrected chi connectivity index (χ3v) is 3.41. The molecule has 1 aliphatic rings. The molecule has 0 spiro atoms. The van der Waals surface area contributed by atoms with Gasteiger partial charge in [0.1, 0.15) is 5.75 Å². The van der Waals surface area contributed by atoms with E-state index >= 15 is 0 Å². The van der Waals surface area contributed by atoms with Gasteiger partial charge >= 0.3 is 6.36 Å². The number of para-hydroxylation sites is 1. The molecule has 0 unspecified atom stereocenters. The number of alkyl halides is 5. The normalized spacial score (nSPS) is 18.8. The Kier molecular flexibility index (Phi) is 4.58. The number of carbonyl (C=O) groups is 1. The van der Waals surface area contributed by atoms with Gasteiger partial charge in [0.2, 0.25) is 5.92 Å². The molecule has 22 heavy (non-hydrogen) atoms. The maximum atomic E-state index is 13.0. The van der Waals surface area contributed by atoms with E-state index < -0.39 is 30.0 Å². The molecular weight excluding hydrogens is 309 g/mol. The van der Waals surface area contributed by atoms with Gasteiger partial charge < -0.3 is 10.1 Å². The van der Waals surface area contributed by atoms with Crippen molar-refractivity contribution in [1.82, 2.24) is 5.32 Å². The first-order valence-electron chi connectivity index (χ1n) is 6.70. The summed E-state index contributed by atoms with van der Waals surface area (Å²) in [6.07, 6.45) is -5.44. The smallest absolute Gasteiger partial charge is 0.405 e. The first kappa shape index (κ1) is 16.5. The van der Waals surface area contributed by atoms with Gasteiger partial charge in [-0.25, -0.2) is 8.78 Å². The molecule has 0 aliphatic heterocycles. The Bertz CT molecular complexity index is 534. The van der Waals surface area contributed by atoms with Crippen LogP contribution in [0.5, 0.6) is 5.75 Å². The molecule has 2 rings (SSSR count). The van der Waals surface area contributed by atoms with E-state index in [1.807, 2.05) is 0 Å². The quantitative estimate of drug-likeness (QED) is 0.857. The first-order chi connectivity index (χ1) is 10.2. The predicted molar refractivity (Wildman–Crippen MR) is 67.8 cm³/mol. The number of hydrogen-bond acceptors (Lipinski definition) is 2. The van der Waals surface area contributed by atoms with E-state index in [-0.39, 0.29) is 31.2 Å². The van der Waals surface area contributed by atoms with Crippen molar-refractivity contribution in [1.29, 1.82) is 0 Å². The lowest BCUT2D eigenvalue weighted by molar-refractivity contribution is -0.274. The van der Waals surface area contributed by atoms with Crippen molar-refractivity contribution >= 4 is 5.91 Å². The molecule has 1 amide bonds. The van der Waals surface area contributed by atoms with Gasteiger partial charge in [-0.3, -0.25) is 4.79 Å². The van der Waals surface area contributed by atoms with Gasteiger partial charge in [-0.05, 0) is 25.0 Å². The van der Waals surface area contributed by atoms with Crippen LogP contribution in [0.2, 0.25) is 0 Å². The van der Waals surface area contributed by atoms with Crippen molar-refractivity contribution in [3.8, 4) is 5.75 Å². The van der Waals surface area contributed by atoms with E-state index in [9.17, 15) is 26.7 Å². The molecule has 0 heterocycles. The molecule has 0 radical (unpaired) electrons. The topological polar surface area (TPSA) is 38.3 Å². The minimum atomic E-state index is -4.91. The number of carbonyl (C=O) groups excluding carboxylic acids is 1. The Morgan fingerprint density at radius 1 is 1.18 bits per heavy atom. The lowest BCUT2D eigenvalue weighted by Gasteiger charge is -2.29. The molecule has 0 saturated heterocycles. The lowest BCUT2D eigenvalue weighted by Crippen LogP contribution is -2.40. The summed E-state index contributed by atoms with van der Waals surface area (Å²) in [4.78, 5) is 12.0. The fourth-order valence-corrected chi connectivity index (χ4v) is 2.32. The highest BCUT2D eigenvalue weighted by atomic mass is 19.4. The molecule has 0 bridgehead atoms. The number of nitrogens with one attached hydrogen (secondary N) is 1. The molecule has 1 aliphatic carbocycles. The van der Waals surface area contributed by atoms with Crippen LogP contribution in [0, 0.1) is 0 Å². The monoisotopic (exact) mass is 323 g/mol. The van der Waals surface area contributed by atoms with Crippen LogP contribution in [-0.2, 0) is 0 Å². The van der Waals surface area contributed by atoms with Gasteiger partial charge in [0, 0.05) is 18.9 Å². The van der Waals surface area contributed by atoms with Crippen LogP contribution in [-0.4, -0.2) is 24.2 Å². The van der Waals surface area contributed by atoms with Gasteiger partial charge in [0.25, 0.3) is 5.91 Å². The molecule has 1 saturated carbocycles. The van der Waals surface area contributed by atoms with Crippen molar-refractivity contribution in [2.45, 2.75) is 44.0 Å². The summed E-state index contributed by atoms with van der Waals surface area (Å²) in [5, 5.41) is 2.48. The Morgan fingerprint density at radius 3 is 2.36 bits per heavy atom. The van der Waals surface area contributed by atoms with Crippen LogP contribution in [0.15, 0.2) is 24.3 Å². The Morgan fingerprint density at radius 2 is 1.77 bits per heavy atom. The minimum absolute atomic E-state index is 0.0844. The lowest BCUT2D eigenvalue weighted by atomic mass is 9.92. The summed E-state index contributed by atoms with van der Waals surface area (Å²) in [5.41, 5.74) is -0.280. The van der Waals surface area contributed by atoms with Crippen LogP contribution < -0.4 is 10.1 Å². The van der Waals surface area contributed by atoms with E-state index in [0.717, 1.165) is 6.07 Å². The third kappa shape index (κ3) is 4.57. The standard InChI is InChI=1S/C14H14F5NO2/c15-13(16)7-5-9(6-8-13)20-12(21)10-3-1-2-4-11(10)22-14(17,18)19/h1-4,9H,5-8H2,(H,20,21). The average Bonchev–Trinajstić information content (AvgIpc) is 2.40. The van der Waals surface area contributed by atoms with Gasteiger partial charge in [-0.2, -0.15) is 0 Å². The van der Waals surface area contributed by atoms with E-state index in [0.29, 0.717) is 0 Å². The van der Waals surface area contributed by atoms with Crippen LogP contribution in [0.4, 0.5) is 22.0 Å². The highest BCUT2D eigenvalue weighted by Crippen LogP contribution is 2.33. The zero-order valence-electron chi connectivity index (χ0n) is 11.4. The number of rotatable bonds is 3. The third-order valence-electron chi connectivity index (χ3n) is 3.41. The van der Waals surface area contributed by atoms with Crippen molar-refractivity contribution in [2.24, 2.45) is 0 Å². The second-order valence-corrected chi connectivity index (χ2v) is 5.15. The van der Waals surface area contributed by atoms with Crippen LogP contribution >= 0.6 is 0 Å². The number of ether oxygens (including phenoxy) is 1. The zero-order valence-corrected chi connectivity index (χ0v) is 11.4. The van der Waals surface area contributed by atoms with Crippen LogP contribution in [0.3, 0.4) is 0 Å². The van der Waals surface area contributed by atoms with Crippen molar-refractivity contribution in [3.05, 3.63) is 29.8 Å². The maximum Gasteiger partial charge on any atom is 0.573 e. The Balaban J connectivity index is 2.04. The fraction of sp³-hybridized carbons (Fsp3) is 0.500. The summed E-state index contributed by atoms with van der Waals surface area (Å²) in [5.74, 6) is -4.12. The second kappa shape index (κ2) is 6.10. The zero-order chi connectivity index (χ0) is 16.4. The first-order valence-corrected chi connectivity index (χ1v) is 6.70. The highest BCUT2D eigenvalue weighted by molar-refractivity contribution is 5.97. The van der Waals surface area contributed by atoms with E-state index in [4.69, 9.17) is 0 Å². The maximum absolute atomic E-state index is 13.0. The van der Waals surface area contributed by atoms with Crippen molar-refractivity contribution in [3.63, 3.8) is 0 Å². The van der Waals surface area contributed by atoms with E-state index in [2.05, 4.69) is 10.1 Å². The molecule has 1 N–H and O–H groups in total. The SMILES string of the molecule is O=C(NC1CCC(F)(F)CC1)c1ccccc1OC(F)(F)F. The van der Waals surface area contributed by atoms with Crippen LogP contribution in [0.1, 0.15) is 36.0 Å². The van der Waals surface area contributed by atoms with Crippen molar-refractivity contribution in [2.75, 3.05) is 0 Å². The summed E-state index contributed by atoms with van der Waals surface area (Å²) in [7, 11) is 0. The van der Waals surface area contributed by atoms with Crippen molar-refractivity contribution < 1.29 is 31.5 Å². The average molecular weight is 323 g/mol. The number of halogens is 5. The molecule has 122 valence electrons. The molecule has 1 aromatic rings. The van der Waals surface area contributed by atoms with E-state index in [1.54, 1.807) is 0 Å². The number of benzene rings is 1. The second-order valence-electron chi connectivity index (χ2n) is 5.15. The molecule has 1 aromatic carbocycles. The summed E-state index contributed by atoms with van der Waals surface area (Å²) in [6, 6.07) is 4.43. The Hall–Kier alpha value is -1.86. The molecular formula is C14H14F5NO2. The molecule has 1 fully saturated rings. The van der Waals surface area contributed by atoms with Crippen LogP contribution in [0.25, 0.3) is 0 Å². The summed E-state index contributed by atoms with van der Waals surface area (Å²) >= 11 is 0. The van der Waals surface area contributed by atoms with E-state index in [1.165, 1.54) is 18.2 Å². The highest BCUT2D eigenvalue weighted by Gasteiger charge is 2.36. The number of hydrogen-bond donors (Lipinski definition) is 1. The number of amides is 1. The molecule has 0 atom stereocenters. The predicted octanol–water partition coefficient (Wildman–Crippen LogP) is 3.89. The minimum Gasteiger partial charge on any atom is -0.405 e. The Labute approximate surface area is 123 Å². The van der Waals surface area contributed by atoms with Gasteiger partial charge in [-0.1, -0.05) is 12.1 Å². The van der Waals surface area contributed by atoms with Gasteiger partial charge in [-0.15, -0.1) is 13.2 Å². The summed E-state index contributed by atoms with van der Waals surface area (Å²) in [6.45, 7) is 0. The van der Waals surface area contributed by atoms with Gasteiger partial charge in [0.05, 0.1) is 5.56 Å². The largest absolute Gasteiger partial charge is 0.573 e. The summed E-state index contributed by atoms with van der Waals surface area (Å²) < 4.78 is 66.7.